The van der Waals surface area contributed by atoms with Crippen molar-refractivity contribution in [3.63, 3.8) is 0 Å². The van der Waals surface area contributed by atoms with Gasteiger partial charge in [0.05, 0.1) is 28.8 Å². The van der Waals surface area contributed by atoms with Gasteiger partial charge in [0.15, 0.2) is 22.5 Å². The molecule has 242 valence electrons. The number of benzene rings is 1. The van der Waals surface area contributed by atoms with Crippen LogP contribution in [0, 0.1) is 58.0 Å². The van der Waals surface area contributed by atoms with E-state index in [-0.39, 0.29) is 58.4 Å². The van der Waals surface area contributed by atoms with Crippen molar-refractivity contribution < 1.29 is 37.4 Å². The fraction of sp³-hybridized carbons (Fsp3) is 0.545. The molecule has 0 N–H and O–H groups in total. The van der Waals surface area contributed by atoms with E-state index >= 15 is 4.39 Å². The van der Waals surface area contributed by atoms with E-state index < -0.39 is 56.8 Å². The number of rotatable bonds is 5. The summed E-state index contributed by atoms with van der Waals surface area (Å²) in [5.74, 6) is -2.73. The zero-order valence-electron chi connectivity index (χ0n) is 26.2. The second-order valence-corrected chi connectivity index (χ2v) is 16.3. The first-order valence-electron chi connectivity index (χ1n) is 15.2. The van der Waals surface area contributed by atoms with E-state index in [9.17, 15) is 18.8 Å². The van der Waals surface area contributed by atoms with Gasteiger partial charge in [0.25, 0.3) is 0 Å². The summed E-state index contributed by atoms with van der Waals surface area (Å²) in [4.78, 5) is 52.1. The largest absolute Gasteiger partial charge is 0.466 e. The summed E-state index contributed by atoms with van der Waals surface area (Å²) in [6, 6.07) is 0.782. The highest BCUT2D eigenvalue weighted by atomic mass is 35.5. The second kappa shape index (κ2) is 8.94. The van der Waals surface area contributed by atoms with E-state index in [1.165, 1.54) is 24.5 Å². The SMILES string of the molecule is COC(=O)C1=C(C23C4C5C2C2C3C4C52C(=O)OC(C)(C)C)N=C(c2nccs2)N(C(=O)OC(C)(C)C)[C@@H]1c1ccc(F)c(F)c1Cl. The first kappa shape index (κ1) is 30.0. The maximum atomic E-state index is 15.1. The molecular weight excluding hydrogens is 640 g/mol. The number of ether oxygens (including phenoxy) is 3. The Labute approximate surface area is 272 Å². The number of aromatic nitrogens is 1. The molecule has 6 aliphatic carbocycles. The molecule has 9 nitrogen and oxygen atoms in total. The molecule has 0 unspecified atom stereocenters. The zero-order valence-corrected chi connectivity index (χ0v) is 27.8. The number of esters is 2. The summed E-state index contributed by atoms with van der Waals surface area (Å²) in [5, 5.41) is 1.49. The molecule has 46 heavy (non-hydrogen) atoms. The summed E-state index contributed by atoms with van der Waals surface area (Å²) >= 11 is 7.70. The van der Waals surface area contributed by atoms with Gasteiger partial charge >= 0.3 is 18.0 Å². The van der Waals surface area contributed by atoms with Crippen molar-refractivity contribution in [1.82, 2.24) is 9.88 Å². The third kappa shape index (κ3) is 3.22. The number of nitrogens with zero attached hydrogens (tertiary/aromatic N) is 3. The third-order valence-electron chi connectivity index (χ3n) is 11.0. The number of amidine groups is 1. The molecule has 0 spiro atoms. The Balaban J connectivity index is 1.31. The normalized spacial score (nSPS) is 35.8. The number of methoxy groups -OCH3 is 1. The van der Waals surface area contributed by atoms with Crippen molar-refractivity contribution in [2.75, 3.05) is 7.11 Å². The number of halogens is 3. The molecule has 6 saturated carbocycles. The quantitative estimate of drug-likeness (QED) is 0.208. The molecule has 13 heteroatoms. The Morgan fingerprint density at radius 3 is 2.09 bits per heavy atom. The summed E-state index contributed by atoms with van der Waals surface area (Å²) in [6.07, 6.45) is 0.675. The Bertz CT molecular complexity index is 1770. The van der Waals surface area contributed by atoms with Crippen molar-refractivity contribution in [1.29, 1.82) is 0 Å². The van der Waals surface area contributed by atoms with Crippen LogP contribution in [0.15, 0.2) is 40.0 Å². The minimum absolute atomic E-state index is 0.00333. The van der Waals surface area contributed by atoms with Gasteiger partial charge in [-0.05, 0) is 83.1 Å². The fourth-order valence-corrected chi connectivity index (χ4v) is 10.9. The van der Waals surface area contributed by atoms with E-state index in [1.807, 2.05) is 20.8 Å². The highest BCUT2D eigenvalue weighted by Gasteiger charge is 3.12. The molecule has 7 aliphatic rings. The predicted molar refractivity (Wildman–Crippen MR) is 162 cm³/mol. The Morgan fingerprint density at radius 1 is 0.957 bits per heavy atom. The van der Waals surface area contributed by atoms with Crippen LogP contribution in [0.1, 0.15) is 58.2 Å². The molecule has 0 radical (unpaired) electrons. The average Bonchev–Trinajstić information content (AvgIpc) is 3.52. The highest BCUT2D eigenvalue weighted by Crippen LogP contribution is 3.11. The standard InChI is InChI=1S/C33H32ClF2N3O6S/c1-30(2,3)44-28(41)33-18-15-19(33)17-20(33)16(18)32(15,17)24-14(27(40)43-7)23(12-8-9-13(35)22(36)21(12)34)39(29(42)45-31(4,5)6)25(38-24)26-37-10-11-46-26/h8-11,15-20,23H,1-7H3/t15?,16?,17?,18?,19?,20?,23-,32?,33?/m1/s1. The fourth-order valence-electron chi connectivity index (χ4n) is 10.1. The number of hydrogen-bond donors (Lipinski definition) is 0. The smallest absolute Gasteiger partial charge is 0.416 e. The van der Waals surface area contributed by atoms with Gasteiger partial charge in [0, 0.05) is 22.6 Å². The van der Waals surface area contributed by atoms with Crippen LogP contribution in [0.2, 0.25) is 5.02 Å². The first-order chi connectivity index (χ1) is 21.5. The lowest BCUT2D eigenvalue weighted by molar-refractivity contribution is -0.633. The van der Waals surface area contributed by atoms with E-state index in [0.29, 0.717) is 10.7 Å². The number of hydrogen-bond acceptors (Lipinski definition) is 9. The lowest BCUT2D eigenvalue weighted by Crippen LogP contribution is -3.11. The van der Waals surface area contributed by atoms with Crippen LogP contribution in [0.4, 0.5) is 13.6 Å². The van der Waals surface area contributed by atoms with Crippen LogP contribution in [0.5, 0.6) is 0 Å². The summed E-state index contributed by atoms with van der Waals surface area (Å²) in [7, 11) is 1.21. The van der Waals surface area contributed by atoms with E-state index in [4.69, 9.17) is 30.8 Å². The molecule has 0 saturated heterocycles. The molecule has 2 heterocycles. The van der Waals surface area contributed by atoms with Crippen molar-refractivity contribution in [3.8, 4) is 0 Å². The molecule has 2 aromatic rings. The molecule has 1 aliphatic heterocycles. The maximum Gasteiger partial charge on any atom is 0.416 e. The van der Waals surface area contributed by atoms with E-state index in [0.717, 1.165) is 11.0 Å². The van der Waals surface area contributed by atoms with Gasteiger partial charge in [-0.3, -0.25) is 4.79 Å². The number of amides is 1. The number of thiazole rings is 1. The van der Waals surface area contributed by atoms with E-state index in [2.05, 4.69) is 4.98 Å². The van der Waals surface area contributed by atoms with Gasteiger partial charge in [0.1, 0.15) is 17.2 Å². The Hall–Kier alpha value is -3.38. The molecule has 9 rings (SSSR count). The average molecular weight is 672 g/mol. The second-order valence-electron chi connectivity index (χ2n) is 15.1. The summed E-state index contributed by atoms with van der Waals surface area (Å²) in [6.45, 7) is 10.6. The highest BCUT2D eigenvalue weighted by molar-refractivity contribution is 7.11. The monoisotopic (exact) mass is 671 g/mol. The molecule has 1 aromatic heterocycles. The van der Waals surface area contributed by atoms with Gasteiger partial charge in [-0.15, -0.1) is 11.3 Å². The van der Waals surface area contributed by atoms with Crippen LogP contribution in [0.25, 0.3) is 0 Å². The molecule has 1 aromatic carbocycles. The number of carbonyl (C=O) groups is 3. The molecule has 1 amide bonds. The number of aliphatic imine (C=N–C) groups is 1. The molecule has 6 fully saturated rings. The summed E-state index contributed by atoms with van der Waals surface area (Å²) in [5.41, 5.74) is -2.18. The van der Waals surface area contributed by atoms with Crippen molar-refractivity contribution in [3.05, 3.63) is 62.2 Å². The topological polar surface area (TPSA) is 107 Å². The van der Waals surface area contributed by atoms with Crippen molar-refractivity contribution >= 4 is 46.8 Å². The number of carbonyl (C=O) groups excluding carboxylic acids is 3. The third-order valence-corrected chi connectivity index (χ3v) is 12.2. The van der Waals surface area contributed by atoms with Crippen molar-refractivity contribution in [2.24, 2.45) is 51.3 Å². The molecule has 1 atom stereocenters. The minimum atomic E-state index is -1.38. The maximum absolute atomic E-state index is 15.1. The van der Waals surface area contributed by atoms with Gasteiger partial charge in [0.2, 0.25) is 0 Å². The van der Waals surface area contributed by atoms with Crippen LogP contribution in [-0.2, 0) is 23.8 Å². The Morgan fingerprint density at radius 2 is 1.57 bits per heavy atom. The summed E-state index contributed by atoms with van der Waals surface area (Å²) < 4.78 is 46.5. The molecule has 0 bridgehead atoms. The lowest BCUT2D eigenvalue weighted by atomic mass is 8.92. The minimum Gasteiger partial charge on any atom is -0.466 e. The first-order valence-corrected chi connectivity index (χ1v) is 16.5. The van der Waals surface area contributed by atoms with Crippen LogP contribution in [-0.4, -0.2) is 52.1 Å². The van der Waals surface area contributed by atoms with Crippen molar-refractivity contribution in [2.45, 2.75) is 58.8 Å². The molecular formula is C33H32ClF2N3O6S. The van der Waals surface area contributed by atoms with Crippen LogP contribution < -0.4 is 0 Å². The number of allylic oxidation sites excluding steroid dienone is 1. The Kier molecular flexibility index (Phi) is 5.83. The van der Waals surface area contributed by atoms with Gasteiger partial charge in [-0.1, -0.05) is 17.7 Å². The van der Waals surface area contributed by atoms with Crippen LogP contribution in [0.3, 0.4) is 0 Å². The lowest BCUT2D eigenvalue weighted by Gasteiger charge is -3.10. The van der Waals surface area contributed by atoms with Crippen LogP contribution >= 0.6 is 22.9 Å². The zero-order chi connectivity index (χ0) is 33.0. The van der Waals surface area contributed by atoms with Gasteiger partial charge in [-0.25, -0.2) is 33.2 Å². The van der Waals surface area contributed by atoms with Gasteiger partial charge < -0.3 is 14.2 Å². The van der Waals surface area contributed by atoms with Gasteiger partial charge in [-0.2, -0.15) is 0 Å². The predicted octanol–water partition coefficient (Wildman–Crippen LogP) is 6.32. The van der Waals surface area contributed by atoms with E-state index in [1.54, 1.807) is 32.3 Å².